The summed E-state index contributed by atoms with van der Waals surface area (Å²) in [5.74, 6) is -0.178. The largest absolute Gasteiger partial charge is 0.472 e. The summed E-state index contributed by atoms with van der Waals surface area (Å²) in [6.45, 7) is 4.85. The lowest BCUT2D eigenvalue weighted by Crippen LogP contribution is -2.45. The van der Waals surface area contributed by atoms with Crippen LogP contribution in [0.15, 0.2) is 24.3 Å². The maximum absolute atomic E-state index is 13.0. The van der Waals surface area contributed by atoms with Crippen molar-refractivity contribution in [3.63, 3.8) is 0 Å². The van der Waals surface area contributed by atoms with Crippen LogP contribution in [0.3, 0.4) is 0 Å². The van der Waals surface area contributed by atoms with E-state index in [-0.39, 0.29) is 19.1 Å². The second-order valence-electron chi connectivity index (χ2n) is 26.3. The predicted molar refractivity (Wildman–Crippen MR) is 355 cm³/mol. The van der Waals surface area contributed by atoms with Gasteiger partial charge < -0.3 is 19.8 Å². The second-order valence-corrected chi connectivity index (χ2v) is 27.8. The highest BCUT2D eigenvalue weighted by molar-refractivity contribution is 7.47. The Morgan fingerprint density at radius 2 is 0.679 bits per heavy atom. The third-order valence-electron chi connectivity index (χ3n) is 16.9. The summed E-state index contributed by atoms with van der Waals surface area (Å²) in [7, 11) is 1.57. The van der Waals surface area contributed by atoms with E-state index in [1.165, 1.54) is 321 Å². The Bertz CT molecular complexity index is 1370. The van der Waals surface area contributed by atoms with Crippen LogP contribution in [-0.4, -0.2) is 73.4 Å². The molecule has 0 radical (unpaired) electrons. The smallest absolute Gasteiger partial charge is 0.387 e. The number of hydrogen-bond acceptors (Lipinski definition) is 5. The van der Waals surface area contributed by atoms with Crippen LogP contribution < -0.4 is 5.32 Å². The molecule has 9 heteroatoms. The number of phosphoric ester groups is 1. The Morgan fingerprint density at radius 1 is 0.407 bits per heavy atom. The number of nitrogens with one attached hydrogen (secondary N) is 1. The molecule has 81 heavy (non-hydrogen) atoms. The van der Waals surface area contributed by atoms with Gasteiger partial charge in [-0.25, -0.2) is 4.57 Å². The summed E-state index contributed by atoms with van der Waals surface area (Å²) in [6, 6.07) is -0.861. The summed E-state index contributed by atoms with van der Waals surface area (Å²) in [5.41, 5.74) is 0. The molecule has 1 amide bonds. The molecule has 0 aliphatic rings. The first-order chi connectivity index (χ1) is 39.5. The van der Waals surface area contributed by atoms with E-state index in [2.05, 4.69) is 31.3 Å². The number of hydrogen-bond donors (Lipinski definition) is 3. The lowest BCUT2D eigenvalue weighted by atomic mass is 10.0. The number of aliphatic hydroxyl groups excluding tert-OH is 1. The standard InChI is InChI=1S/C72H143N2O6P/c1-6-8-10-12-14-16-18-20-22-24-26-27-28-29-30-31-32-33-34-35-36-37-38-39-40-41-42-43-44-45-46-48-50-52-54-56-58-60-62-64-66-72(76)73-70(69-80-81(77,78)79-68-67-74(3,4)5)71(75)65-63-61-59-57-55-53-51-49-47-25-23-21-19-17-15-13-11-9-7-2/h55,57,63,65,70-71,75H,6-54,56,58-62,64,66-69H2,1-5H3,(H-,73,76,77,78)/p+1/b57-55+,65-63+. The van der Waals surface area contributed by atoms with Gasteiger partial charge in [-0.3, -0.25) is 13.8 Å². The number of phosphoric acid groups is 1. The Morgan fingerprint density at radius 3 is 0.988 bits per heavy atom. The summed E-state index contributed by atoms with van der Waals surface area (Å²) < 4.78 is 23.8. The van der Waals surface area contributed by atoms with Crippen molar-refractivity contribution in [2.45, 2.75) is 392 Å². The van der Waals surface area contributed by atoms with Crippen LogP contribution in [0.2, 0.25) is 0 Å². The monoisotopic (exact) mass is 1160 g/mol. The third-order valence-corrected chi connectivity index (χ3v) is 17.9. The first kappa shape index (κ1) is 80.0. The minimum absolute atomic E-state index is 0.0590. The number of carbonyl (C=O) groups is 1. The molecule has 3 N–H and O–H groups in total. The lowest BCUT2D eigenvalue weighted by Gasteiger charge is -2.25. The SMILES string of the molecule is CCCCCCCCCCCCCCC/C=C/CC/C=C/C(O)C(COP(=O)(O)OCC[N+](C)(C)C)NC(=O)CCCCCCCCCCCCCCCCCCCCCCCCCCCCCCCCCCCCCCCCCC. The van der Waals surface area contributed by atoms with Crippen molar-refractivity contribution in [3.8, 4) is 0 Å². The second kappa shape index (κ2) is 63.5. The topological polar surface area (TPSA) is 105 Å². The molecule has 3 unspecified atom stereocenters. The molecule has 3 atom stereocenters. The molecule has 8 nitrogen and oxygen atoms in total. The summed E-state index contributed by atoms with van der Waals surface area (Å²) in [4.78, 5) is 23.4. The number of unbranched alkanes of at least 4 members (excludes halogenated alkanes) is 53. The molecule has 0 fully saturated rings. The minimum atomic E-state index is -4.36. The molecule has 0 aromatic carbocycles. The fourth-order valence-corrected chi connectivity index (χ4v) is 12.0. The van der Waals surface area contributed by atoms with Gasteiger partial charge >= 0.3 is 7.82 Å². The van der Waals surface area contributed by atoms with Crippen LogP contribution >= 0.6 is 7.82 Å². The quantitative estimate of drug-likeness (QED) is 0.0243. The van der Waals surface area contributed by atoms with Crippen molar-refractivity contribution in [3.05, 3.63) is 24.3 Å². The number of quaternary nitrogens is 1. The van der Waals surface area contributed by atoms with Crippen molar-refractivity contribution in [2.24, 2.45) is 0 Å². The van der Waals surface area contributed by atoms with Crippen molar-refractivity contribution in [1.82, 2.24) is 5.32 Å². The van der Waals surface area contributed by atoms with Gasteiger partial charge in [0, 0.05) is 6.42 Å². The number of rotatable bonds is 68. The Hall–Kier alpha value is -1.02. The molecular formula is C72H144N2O6P+. The van der Waals surface area contributed by atoms with Gasteiger partial charge in [-0.2, -0.15) is 0 Å². The van der Waals surface area contributed by atoms with E-state index < -0.39 is 20.0 Å². The fraction of sp³-hybridized carbons (Fsp3) is 0.931. The first-order valence-electron chi connectivity index (χ1n) is 36.2. The van der Waals surface area contributed by atoms with Gasteiger partial charge in [0.2, 0.25) is 5.91 Å². The van der Waals surface area contributed by atoms with Crippen LogP contribution in [0.4, 0.5) is 0 Å². The van der Waals surface area contributed by atoms with E-state index in [9.17, 15) is 19.4 Å². The highest BCUT2D eigenvalue weighted by Crippen LogP contribution is 2.43. The highest BCUT2D eigenvalue weighted by atomic mass is 31.2. The number of likely N-dealkylation sites (N-methyl/N-ethyl adjacent to an activating group) is 1. The molecule has 482 valence electrons. The molecule has 0 aliphatic heterocycles. The Kier molecular flexibility index (Phi) is 62.7. The zero-order valence-electron chi connectivity index (χ0n) is 55.3. The first-order valence-corrected chi connectivity index (χ1v) is 37.7. The van der Waals surface area contributed by atoms with E-state index in [1.807, 2.05) is 27.2 Å². The summed E-state index contributed by atoms with van der Waals surface area (Å²) in [5, 5.41) is 14.0. The van der Waals surface area contributed by atoms with Crippen molar-refractivity contribution in [1.29, 1.82) is 0 Å². The molecule has 0 bridgehead atoms. The Labute approximate surface area is 506 Å². The number of amides is 1. The van der Waals surface area contributed by atoms with Gasteiger partial charge in [-0.1, -0.05) is 366 Å². The molecule has 0 heterocycles. The van der Waals surface area contributed by atoms with Crippen LogP contribution in [0.25, 0.3) is 0 Å². The van der Waals surface area contributed by atoms with Crippen LogP contribution in [0.5, 0.6) is 0 Å². The van der Waals surface area contributed by atoms with Gasteiger partial charge in [-0.05, 0) is 32.1 Å². The number of allylic oxidation sites excluding steroid dienone is 3. The van der Waals surface area contributed by atoms with Crippen molar-refractivity contribution < 1.29 is 32.9 Å². The van der Waals surface area contributed by atoms with Gasteiger partial charge in [0.1, 0.15) is 13.2 Å². The molecule has 0 aromatic rings. The van der Waals surface area contributed by atoms with Crippen LogP contribution in [0, 0.1) is 0 Å². The molecule has 0 aliphatic carbocycles. The highest BCUT2D eigenvalue weighted by Gasteiger charge is 2.28. The molecule has 0 aromatic heterocycles. The number of carbonyl (C=O) groups excluding carboxylic acids is 1. The van der Waals surface area contributed by atoms with Crippen molar-refractivity contribution >= 4 is 13.7 Å². The average Bonchev–Trinajstić information content (AvgIpc) is 3.43. The zero-order valence-corrected chi connectivity index (χ0v) is 56.2. The van der Waals surface area contributed by atoms with E-state index in [0.717, 1.165) is 38.5 Å². The normalized spacial score (nSPS) is 13.7. The number of aliphatic hydroxyl groups is 1. The fourth-order valence-electron chi connectivity index (χ4n) is 11.3. The third kappa shape index (κ3) is 66.4. The average molecular weight is 1160 g/mol. The van der Waals surface area contributed by atoms with Gasteiger partial charge in [0.15, 0.2) is 0 Å². The lowest BCUT2D eigenvalue weighted by molar-refractivity contribution is -0.870. The molecule has 0 saturated heterocycles. The van der Waals surface area contributed by atoms with Crippen molar-refractivity contribution in [2.75, 3.05) is 40.9 Å². The minimum Gasteiger partial charge on any atom is -0.387 e. The van der Waals surface area contributed by atoms with E-state index in [1.54, 1.807) is 6.08 Å². The molecular weight excluding hydrogens is 1020 g/mol. The maximum Gasteiger partial charge on any atom is 0.472 e. The Balaban J connectivity index is 3.89. The van der Waals surface area contributed by atoms with Crippen LogP contribution in [-0.2, 0) is 18.4 Å². The van der Waals surface area contributed by atoms with Gasteiger partial charge in [0.05, 0.1) is 39.9 Å². The molecule has 0 rings (SSSR count). The molecule has 0 saturated carbocycles. The molecule has 0 spiro atoms. The van der Waals surface area contributed by atoms with Gasteiger partial charge in [0.25, 0.3) is 0 Å². The van der Waals surface area contributed by atoms with E-state index in [4.69, 9.17) is 9.05 Å². The van der Waals surface area contributed by atoms with E-state index >= 15 is 0 Å². The van der Waals surface area contributed by atoms with Crippen LogP contribution in [0.1, 0.15) is 380 Å². The predicted octanol–water partition coefficient (Wildman–Crippen LogP) is 23.1. The zero-order chi connectivity index (χ0) is 59.1. The summed E-state index contributed by atoms with van der Waals surface area (Å²) >= 11 is 0. The maximum atomic E-state index is 13.0. The number of nitrogens with zero attached hydrogens (tertiary/aromatic N) is 1. The van der Waals surface area contributed by atoms with E-state index in [0.29, 0.717) is 17.4 Å². The summed E-state index contributed by atoms with van der Waals surface area (Å²) in [6.07, 6.45) is 83.6. The van der Waals surface area contributed by atoms with Gasteiger partial charge in [-0.15, -0.1) is 0 Å².